The number of methoxy groups -OCH3 is 1. The molecule has 1 fully saturated rings. The van der Waals surface area contributed by atoms with Gasteiger partial charge >= 0.3 is 12.0 Å². The molecule has 0 radical (unpaired) electrons. The summed E-state index contributed by atoms with van der Waals surface area (Å²) in [6.07, 6.45) is 1.54. The topological polar surface area (TPSA) is 107 Å². The van der Waals surface area contributed by atoms with Crippen LogP contribution in [0, 0.1) is 0 Å². The second-order valence-corrected chi connectivity index (χ2v) is 6.94. The summed E-state index contributed by atoms with van der Waals surface area (Å²) in [7, 11) is 1.23. The highest BCUT2D eigenvalue weighted by molar-refractivity contribution is 6.13. The van der Waals surface area contributed by atoms with Crippen molar-refractivity contribution in [2.75, 3.05) is 13.7 Å². The summed E-state index contributed by atoms with van der Waals surface area (Å²) in [5.41, 5.74) is 0.778. The van der Waals surface area contributed by atoms with Gasteiger partial charge in [0.25, 0.3) is 5.91 Å². The number of imide groups is 1. The van der Waals surface area contributed by atoms with Crippen LogP contribution in [-0.4, -0.2) is 42.6 Å². The third kappa shape index (κ3) is 5.06. The second kappa shape index (κ2) is 9.38. The van der Waals surface area contributed by atoms with Crippen molar-refractivity contribution in [2.24, 2.45) is 0 Å². The minimum absolute atomic E-state index is 0.00696. The second-order valence-electron chi connectivity index (χ2n) is 6.94. The number of carbonyl (C=O) groups is 3. The van der Waals surface area contributed by atoms with E-state index in [0.29, 0.717) is 23.7 Å². The van der Waals surface area contributed by atoms with Crippen LogP contribution >= 0.6 is 0 Å². The maximum absolute atomic E-state index is 12.7. The molecule has 2 heterocycles. The van der Waals surface area contributed by atoms with Crippen LogP contribution in [0.5, 0.6) is 11.5 Å². The lowest BCUT2D eigenvalue weighted by Gasteiger charge is -2.15. The molecule has 3 rings (SSSR count). The summed E-state index contributed by atoms with van der Waals surface area (Å²) >= 11 is 0. The van der Waals surface area contributed by atoms with Crippen molar-refractivity contribution in [3.63, 3.8) is 0 Å². The zero-order valence-electron chi connectivity index (χ0n) is 17.8. The first-order valence-electron chi connectivity index (χ1n) is 9.77. The van der Waals surface area contributed by atoms with Crippen molar-refractivity contribution in [1.29, 1.82) is 0 Å². The van der Waals surface area contributed by atoms with Crippen molar-refractivity contribution < 1.29 is 33.0 Å². The van der Waals surface area contributed by atoms with Crippen LogP contribution in [0.1, 0.15) is 42.6 Å². The summed E-state index contributed by atoms with van der Waals surface area (Å²) in [4.78, 5) is 37.5. The fraction of sp³-hybridized carbons (Fsp3) is 0.318. The molecule has 0 saturated carbocycles. The zero-order valence-corrected chi connectivity index (χ0v) is 17.8. The van der Waals surface area contributed by atoms with Crippen molar-refractivity contribution in [1.82, 2.24) is 10.2 Å². The van der Waals surface area contributed by atoms with Crippen molar-refractivity contribution >= 4 is 24.0 Å². The van der Waals surface area contributed by atoms with Gasteiger partial charge in [0.15, 0.2) is 11.5 Å². The monoisotopic (exact) mass is 428 g/mol. The predicted octanol–water partition coefficient (Wildman–Crippen LogP) is 3.35. The maximum Gasteiger partial charge on any atom is 0.373 e. The highest BCUT2D eigenvalue weighted by Gasteiger charge is 2.34. The molecule has 1 aromatic heterocycles. The van der Waals surface area contributed by atoms with Crippen LogP contribution in [0.2, 0.25) is 0 Å². The summed E-state index contributed by atoms with van der Waals surface area (Å²) in [5.74, 6) is 0.263. The minimum atomic E-state index is -0.640. The molecular formula is C22H24N2O7. The number of urea groups is 1. The number of nitrogens with one attached hydrogen (secondary N) is 1. The Morgan fingerprint density at radius 3 is 2.65 bits per heavy atom. The first-order chi connectivity index (χ1) is 14.8. The van der Waals surface area contributed by atoms with Gasteiger partial charge in [-0.15, -0.1) is 0 Å². The molecule has 0 aliphatic carbocycles. The molecule has 1 aliphatic rings. The van der Waals surface area contributed by atoms with E-state index in [4.69, 9.17) is 13.9 Å². The molecule has 0 atom stereocenters. The number of ether oxygens (including phenoxy) is 3. The van der Waals surface area contributed by atoms with Crippen LogP contribution in [0.15, 0.2) is 40.4 Å². The Bertz CT molecular complexity index is 1020. The van der Waals surface area contributed by atoms with E-state index in [9.17, 15) is 14.4 Å². The smallest absolute Gasteiger partial charge is 0.373 e. The number of benzene rings is 1. The fourth-order valence-electron chi connectivity index (χ4n) is 2.94. The lowest BCUT2D eigenvalue weighted by atomic mass is 10.1. The number of hydrogen-bond donors (Lipinski definition) is 1. The number of carbonyl (C=O) groups excluding carboxylic acids is 3. The van der Waals surface area contributed by atoms with E-state index in [1.54, 1.807) is 24.3 Å². The third-order valence-electron chi connectivity index (χ3n) is 4.27. The van der Waals surface area contributed by atoms with Crippen LogP contribution in [0.25, 0.3) is 6.08 Å². The Morgan fingerprint density at radius 2 is 1.97 bits per heavy atom. The molecule has 9 heteroatoms. The normalized spacial score (nSPS) is 14.9. The van der Waals surface area contributed by atoms with Crippen LogP contribution < -0.4 is 14.8 Å². The SMILES string of the molecule is CCOc1cc(C=C2NC(=O)N(Cc3ccc(C(=O)OC)o3)C2=O)ccc1OC(C)C. The van der Waals surface area contributed by atoms with E-state index in [2.05, 4.69) is 10.1 Å². The Morgan fingerprint density at radius 1 is 1.19 bits per heavy atom. The van der Waals surface area contributed by atoms with Gasteiger partial charge in [0.2, 0.25) is 5.76 Å². The van der Waals surface area contributed by atoms with E-state index in [1.807, 2.05) is 20.8 Å². The van der Waals surface area contributed by atoms with Gasteiger partial charge in [-0.3, -0.25) is 9.69 Å². The molecule has 9 nitrogen and oxygen atoms in total. The van der Waals surface area contributed by atoms with E-state index in [-0.39, 0.29) is 29.9 Å². The molecule has 1 N–H and O–H groups in total. The van der Waals surface area contributed by atoms with Gasteiger partial charge in [-0.05, 0) is 56.7 Å². The quantitative estimate of drug-likeness (QED) is 0.390. The molecular weight excluding hydrogens is 404 g/mol. The van der Waals surface area contributed by atoms with Gasteiger partial charge in [-0.1, -0.05) is 6.07 Å². The molecule has 3 amide bonds. The molecule has 2 aromatic rings. The Balaban J connectivity index is 1.79. The lowest BCUT2D eigenvalue weighted by Crippen LogP contribution is -2.30. The lowest BCUT2D eigenvalue weighted by molar-refractivity contribution is -0.123. The average molecular weight is 428 g/mol. The van der Waals surface area contributed by atoms with Crippen molar-refractivity contribution in [3.8, 4) is 11.5 Å². The first kappa shape index (κ1) is 21.9. The van der Waals surface area contributed by atoms with Gasteiger partial charge < -0.3 is 23.9 Å². The van der Waals surface area contributed by atoms with E-state index < -0.39 is 17.9 Å². The number of hydrogen-bond acceptors (Lipinski definition) is 7. The highest BCUT2D eigenvalue weighted by atomic mass is 16.5. The van der Waals surface area contributed by atoms with Gasteiger partial charge in [0.05, 0.1) is 26.4 Å². The number of amides is 3. The highest BCUT2D eigenvalue weighted by Crippen LogP contribution is 2.30. The van der Waals surface area contributed by atoms with Crippen molar-refractivity contribution in [3.05, 3.63) is 53.1 Å². The summed E-state index contributed by atoms with van der Waals surface area (Å²) in [6.45, 7) is 6.03. The molecule has 1 aliphatic heterocycles. The van der Waals surface area contributed by atoms with Crippen LogP contribution in [0.4, 0.5) is 4.79 Å². The summed E-state index contributed by atoms with van der Waals surface area (Å²) in [5, 5.41) is 2.55. The number of esters is 1. The largest absolute Gasteiger partial charge is 0.490 e. The Labute approximate surface area is 179 Å². The van der Waals surface area contributed by atoms with E-state index in [0.717, 1.165) is 4.90 Å². The van der Waals surface area contributed by atoms with E-state index >= 15 is 0 Å². The molecule has 1 saturated heterocycles. The van der Waals surface area contributed by atoms with E-state index in [1.165, 1.54) is 19.2 Å². The molecule has 0 bridgehead atoms. The number of rotatable bonds is 8. The number of nitrogens with zero attached hydrogens (tertiary/aromatic N) is 1. The molecule has 0 spiro atoms. The van der Waals surface area contributed by atoms with Crippen molar-refractivity contribution in [2.45, 2.75) is 33.4 Å². The Kier molecular flexibility index (Phi) is 6.64. The predicted molar refractivity (Wildman–Crippen MR) is 110 cm³/mol. The van der Waals surface area contributed by atoms with Crippen LogP contribution in [-0.2, 0) is 16.1 Å². The molecule has 1 aromatic carbocycles. The van der Waals surface area contributed by atoms with Gasteiger partial charge in [0, 0.05) is 0 Å². The third-order valence-corrected chi connectivity index (χ3v) is 4.27. The molecule has 164 valence electrons. The molecule has 31 heavy (non-hydrogen) atoms. The van der Waals surface area contributed by atoms with Gasteiger partial charge in [-0.25, -0.2) is 9.59 Å². The van der Waals surface area contributed by atoms with Gasteiger partial charge in [0.1, 0.15) is 11.5 Å². The first-order valence-corrected chi connectivity index (χ1v) is 9.77. The number of furan rings is 1. The summed E-state index contributed by atoms with van der Waals surface area (Å²) in [6, 6.07) is 7.61. The maximum atomic E-state index is 12.7. The standard InChI is InChI=1S/C22H24N2O7/c1-5-29-19-11-14(6-8-17(19)30-13(2)3)10-16-20(25)24(22(27)23-16)12-15-7-9-18(31-15)21(26)28-4/h6-11,13H,5,12H2,1-4H3,(H,23,27). The average Bonchev–Trinajstić information content (AvgIpc) is 3.30. The minimum Gasteiger partial charge on any atom is -0.490 e. The summed E-state index contributed by atoms with van der Waals surface area (Å²) < 4.78 is 21.3. The zero-order chi connectivity index (χ0) is 22.5. The fourth-order valence-corrected chi connectivity index (χ4v) is 2.94. The molecule has 0 unspecified atom stereocenters. The Hall–Kier alpha value is -3.75. The van der Waals surface area contributed by atoms with Crippen LogP contribution in [0.3, 0.4) is 0 Å². The van der Waals surface area contributed by atoms with Gasteiger partial charge in [-0.2, -0.15) is 0 Å².